The molecule has 1 aromatic heterocycles. The lowest BCUT2D eigenvalue weighted by molar-refractivity contribution is -0.133. The quantitative estimate of drug-likeness (QED) is 0.480. The Morgan fingerprint density at radius 3 is 2.73 bits per heavy atom. The van der Waals surface area contributed by atoms with Crippen molar-refractivity contribution in [3.05, 3.63) is 53.4 Å². The second-order valence-electron chi connectivity index (χ2n) is 10.4. The largest absolute Gasteiger partial charge is 0.478 e. The molecule has 6 atom stereocenters. The maximum absolute atomic E-state index is 11.5. The highest BCUT2D eigenvalue weighted by atomic mass is 32.1. The number of fused-ring (bicyclic) bond motifs is 5. The van der Waals surface area contributed by atoms with Crippen molar-refractivity contribution in [3.8, 4) is 0 Å². The standard InChI is InChI=1S/C26H31NO2S/c1-25-12-10-16(24(28)29)15-17(25)6-7-18-19-8-9-21(26(19,2)13-11-20(18)25)23(30)22-5-3-4-14-27-22/h3-6,14-15,18-21H,7-13H2,1-2H3,(H,28,29)/t18-,19-,20-,21+,25-,26-/m0/s1. The monoisotopic (exact) mass is 421 g/mol. The first-order valence-corrected chi connectivity index (χ1v) is 11.8. The lowest BCUT2D eigenvalue weighted by atomic mass is 9.47. The second-order valence-corrected chi connectivity index (χ2v) is 10.9. The van der Waals surface area contributed by atoms with E-state index < -0.39 is 5.97 Å². The number of aliphatic carboxylic acids is 1. The lowest BCUT2D eigenvalue weighted by Crippen LogP contribution is -2.50. The van der Waals surface area contributed by atoms with Crippen LogP contribution in [-0.2, 0) is 4.79 Å². The van der Waals surface area contributed by atoms with Gasteiger partial charge in [-0.1, -0.05) is 38.2 Å². The topological polar surface area (TPSA) is 50.2 Å². The first-order chi connectivity index (χ1) is 14.3. The van der Waals surface area contributed by atoms with E-state index in [1.807, 2.05) is 24.4 Å². The zero-order chi connectivity index (χ0) is 21.1. The molecule has 0 radical (unpaired) electrons. The summed E-state index contributed by atoms with van der Waals surface area (Å²) in [6, 6.07) is 6.06. The van der Waals surface area contributed by atoms with Crippen LogP contribution in [0.4, 0.5) is 0 Å². The van der Waals surface area contributed by atoms with E-state index in [4.69, 9.17) is 12.2 Å². The molecule has 1 N–H and O–H groups in total. The van der Waals surface area contributed by atoms with Gasteiger partial charge in [0.05, 0.1) is 5.69 Å². The first kappa shape index (κ1) is 20.1. The molecule has 4 heteroatoms. The Kier molecular flexibility index (Phi) is 4.77. The number of pyridine rings is 1. The Bertz CT molecular complexity index is 951. The number of allylic oxidation sites excluding steroid dienone is 3. The summed E-state index contributed by atoms with van der Waals surface area (Å²) in [4.78, 5) is 17.1. The molecule has 4 aliphatic rings. The normalized spacial score (nSPS) is 39.8. The Morgan fingerprint density at radius 1 is 1.17 bits per heavy atom. The van der Waals surface area contributed by atoms with Crippen molar-refractivity contribution in [2.45, 2.75) is 58.8 Å². The fraction of sp³-hybridized carbons (Fsp3) is 0.577. The van der Waals surface area contributed by atoms with Crippen LogP contribution >= 0.6 is 12.2 Å². The average Bonchev–Trinajstić information content (AvgIpc) is 3.10. The summed E-state index contributed by atoms with van der Waals surface area (Å²) in [5.41, 5.74) is 3.24. The van der Waals surface area contributed by atoms with Crippen LogP contribution in [0.3, 0.4) is 0 Å². The number of hydrogen-bond donors (Lipinski definition) is 1. The Labute approximate surface area is 184 Å². The molecular weight excluding hydrogens is 390 g/mol. The van der Waals surface area contributed by atoms with Crippen LogP contribution in [0.15, 0.2) is 47.7 Å². The van der Waals surface area contributed by atoms with Crippen LogP contribution in [0, 0.1) is 34.5 Å². The van der Waals surface area contributed by atoms with Crippen LogP contribution in [0.1, 0.15) is 64.5 Å². The van der Waals surface area contributed by atoms with Gasteiger partial charge in [-0.05, 0) is 97.3 Å². The maximum Gasteiger partial charge on any atom is 0.331 e. The van der Waals surface area contributed by atoms with Gasteiger partial charge in [-0.15, -0.1) is 0 Å². The number of carbonyl (C=O) groups is 1. The highest BCUT2D eigenvalue weighted by Crippen LogP contribution is 2.66. The number of hydrogen-bond acceptors (Lipinski definition) is 3. The van der Waals surface area contributed by atoms with Crippen molar-refractivity contribution >= 4 is 23.1 Å². The minimum Gasteiger partial charge on any atom is -0.478 e. The van der Waals surface area contributed by atoms with E-state index in [2.05, 4.69) is 31.0 Å². The molecular formula is C26H31NO2S. The van der Waals surface area contributed by atoms with Crippen molar-refractivity contribution in [2.24, 2.45) is 34.5 Å². The van der Waals surface area contributed by atoms with E-state index in [9.17, 15) is 9.90 Å². The highest BCUT2D eigenvalue weighted by Gasteiger charge is 2.59. The molecule has 3 nitrogen and oxygen atoms in total. The van der Waals surface area contributed by atoms with E-state index >= 15 is 0 Å². The zero-order valence-electron chi connectivity index (χ0n) is 17.9. The molecule has 0 aromatic carbocycles. The fourth-order valence-electron chi connectivity index (χ4n) is 7.61. The third-order valence-electron chi connectivity index (χ3n) is 9.28. The summed E-state index contributed by atoms with van der Waals surface area (Å²) in [5.74, 6) is 1.73. The van der Waals surface area contributed by atoms with Crippen molar-refractivity contribution < 1.29 is 9.90 Å². The minimum absolute atomic E-state index is 0.128. The fourth-order valence-corrected chi connectivity index (χ4v) is 8.12. The van der Waals surface area contributed by atoms with Gasteiger partial charge < -0.3 is 5.11 Å². The molecule has 5 rings (SSSR count). The molecule has 0 bridgehead atoms. The van der Waals surface area contributed by atoms with Crippen LogP contribution in [0.5, 0.6) is 0 Å². The molecule has 0 amide bonds. The predicted molar refractivity (Wildman–Crippen MR) is 122 cm³/mol. The molecule has 0 saturated heterocycles. The summed E-state index contributed by atoms with van der Waals surface area (Å²) >= 11 is 5.98. The van der Waals surface area contributed by atoms with Gasteiger partial charge in [-0.3, -0.25) is 4.98 Å². The van der Waals surface area contributed by atoms with Crippen LogP contribution in [-0.4, -0.2) is 20.9 Å². The smallest absolute Gasteiger partial charge is 0.331 e. The molecule has 0 spiro atoms. The van der Waals surface area contributed by atoms with Crippen molar-refractivity contribution in [3.63, 3.8) is 0 Å². The van der Waals surface area contributed by atoms with E-state index in [0.29, 0.717) is 35.7 Å². The van der Waals surface area contributed by atoms with Gasteiger partial charge in [0.1, 0.15) is 0 Å². The summed E-state index contributed by atoms with van der Waals surface area (Å²) in [7, 11) is 0. The highest BCUT2D eigenvalue weighted by molar-refractivity contribution is 7.80. The molecule has 30 heavy (non-hydrogen) atoms. The molecule has 1 aromatic rings. The van der Waals surface area contributed by atoms with E-state index in [1.165, 1.54) is 31.3 Å². The third kappa shape index (κ3) is 2.86. The minimum atomic E-state index is -0.752. The Hall–Kier alpha value is -1.81. The molecule has 158 valence electrons. The maximum atomic E-state index is 11.5. The SMILES string of the molecule is C[C@]12CC[C@H]3[C@@H](CC=C4C=C(C(=O)O)CC[C@@]43C)[C@@H]1CC[C@@H]2C(=S)c1ccccn1. The molecule has 2 saturated carbocycles. The van der Waals surface area contributed by atoms with Crippen LogP contribution in [0.25, 0.3) is 0 Å². The van der Waals surface area contributed by atoms with Gasteiger partial charge in [0, 0.05) is 22.6 Å². The average molecular weight is 422 g/mol. The number of nitrogens with zero attached hydrogens (tertiary/aromatic N) is 1. The van der Waals surface area contributed by atoms with Gasteiger partial charge in [0.25, 0.3) is 0 Å². The Morgan fingerprint density at radius 2 is 2.00 bits per heavy atom. The van der Waals surface area contributed by atoms with Gasteiger partial charge in [0.15, 0.2) is 0 Å². The summed E-state index contributed by atoms with van der Waals surface area (Å²) < 4.78 is 0. The molecule has 0 unspecified atom stereocenters. The van der Waals surface area contributed by atoms with Gasteiger partial charge >= 0.3 is 5.97 Å². The van der Waals surface area contributed by atoms with Gasteiger partial charge in [-0.25, -0.2) is 4.79 Å². The predicted octanol–water partition coefficient (Wildman–Crippen LogP) is 6.00. The van der Waals surface area contributed by atoms with Gasteiger partial charge in [-0.2, -0.15) is 0 Å². The summed E-state index contributed by atoms with van der Waals surface area (Å²) in [6.45, 7) is 4.89. The number of carboxylic acids is 1. The van der Waals surface area contributed by atoms with E-state index in [0.717, 1.165) is 23.4 Å². The summed E-state index contributed by atoms with van der Waals surface area (Å²) in [6.07, 6.45) is 13.8. The third-order valence-corrected chi connectivity index (χ3v) is 9.77. The van der Waals surface area contributed by atoms with Gasteiger partial charge in [0.2, 0.25) is 0 Å². The van der Waals surface area contributed by atoms with Crippen LogP contribution in [0.2, 0.25) is 0 Å². The van der Waals surface area contributed by atoms with E-state index in [-0.39, 0.29) is 10.8 Å². The number of aromatic nitrogens is 1. The molecule has 2 fully saturated rings. The first-order valence-electron chi connectivity index (χ1n) is 11.4. The van der Waals surface area contributed by atoms with E-state index in [1.54, 1.807) is 0 Å². The van der Waals surface area contributed by atoms with Crippen molar-refractivity contribution in [2.75, 3.05) is 0 Å². The molecule has 1 heterocycles. The van der Waals surface area contributed by atoms with Crippen molar-refractivity contribution in [1.29, 1.82) is 0 Å². The lowest BCUT2D eigenvalue weighted by Gasteiger charge is -2.57. The zero-order valence-corrected chi connectivity index (χ0v) is 18.8. The summed E-state index contributed by atoms with van der Waals surface area (Å²) in [5, 5.41) is 9.46. The van der Waals surface area contributed by atoms with Crippen molar-refractivity contribution in [1.82, 2.24) is 4.98 Å². The number of thiocarbonyl (C=S) groups is 1. The number of rotatable bonds is 3. The second kappa shape index (κ2) is 7.12. The Balaban J connectivity index is 1.44. The van der Waals surface area contributed by atoms with Crippen LogP contribution < -0.4 is 0 Å². The number of carboxylic acid groups (broad SMARTS) is 1. The molecule has 0 aliphatic heterocycles. The molecule has 4 aliphatic carbocycles.